The SMILES string of the molecule is Cc1nc(CCC(=O)NCc2ccccc2F)co1. The molecule has 0 bridgehead atoms. The fourth-order valence-electron chi connectivity index (χ4n) is 1.69. The molecule has 0 spiro atoms. The van der Waals surface area contributed by atoms with Crippen molar-refractivity contribution in [3.63, 3.8) is 0 Å². The van der Waals surface area contributed by atoms with Crippen LogP contribution in [0.25, 0.3) is 0 Å². The number of benzene rings is 1. The monoisotopic (exact) mass is 262 g/mol. The van der Waals surface area contributed by atoms with E-state index in [1.54, 1.807) is 31.4 Å². The molecule has 0 aliphatic heterocycles. The summed E-state index contributed by atoms with van der Waals surface area (Å²) < 4.78 is 18.4. The van der Waals surface area contributed by atoms with Crippen molar-refractivity contribution in [3.05, 3.63) is 53.5 Å². The van der Waals surface area contributed by atoms with Crippen LogP contribution < -0.4 is 5.32 Å². The van der Waals surface area contributed by atoms with Gasteiger partial charge in [0, 0.05) is 31.9 Å². The maximum absolute atomic E-state index is 13.3. The van der Waals surface area contributed by atoms with Crippen molar-refractivity contribution in [1.82, 2.24) is 10.3 Å². The molecular weight excluding hydrogens is 247 g/mol. The van der Waals surface area contributed by atoms with Crippen LogP contribution in [0.3, 0.4) is 0 Å². The van der Waals surface area contributed by atoms with E-state index in [1.807, 2.05) is 0 Å². The maximum Gasteiger partial charge on any atom is 0.220 e. The third-order valence-corrected chi connectivity index (χ3v) is 2.71. The molecule has 1 N–H and O–H groups in total. The fourth-order valence-corrected chi connectivity index (χ4v) is 1.69. The lowest BCUT2D eigenvalue weighted by Gasteiger charge is -2.05. The van der Waals surface area contributed by atoms with E-state index in [2.05, 4.69) is 10.3 Å². The molecule has 19 heavy (non-hydrogen) atoms. The first-order chi connectivity index (χ1) is 9.15. The van der Waals surface area contributed by atoms with Gasteiger partial charge in [-0.3, -0.25) is 4.79 Å². The first kappa shape index (κ1) is 13.3. The molecule has 0 fully saturated rings. The normalized spacial score (nSPS) is 10.4. The lowest BCUT2D eigenvalue weighted by Crippen LogP contribution is -2.23. The van der Waals surface area contributed by atoms with E-state index >= 15 is 0 Å². The second-order valence-electron chi connectivity index (χ2n) is 4.23. The number of aryl methyl sites for hydroxylation is 2. The summed E-state index contributed by atoms with van der Waals surface area (Å²) in [6.45, 7) is 1.95. The molecule has 1 amide bonds. The highest BCUT2D eigenvalue weighted by Gasteiger charge is 2.06. The van der Waals surface area contributed by atoms with Crippen LogP contribution in [0.1, 0.15) is 23.6 Å². The molecule has 2 rings (SSSR count). The molecule has 1 heterocycles. The van der Waals surface area contributed by atoms with Crippen molar-refractivity contribution >= 4 is 5.91 Å². The number of oxazole rings is 1. The van der Waals surface area contributed by atoms with Gasteiger partial charge in [-0.25, -0.2) is 9.37 Å². The summed E-state index contributed by atoms with van der Waals surface area (Å²) >= 11 is 0. The van der Waals surface area contributed by atoms with Gasteiger partial charge in [-0.15, -0.1) is 0 Å². The van der Waals surface area contributed by atoms with E-state index in [-0.39, 0.29) is 18.3 Å². The van der Waals surface area contributed by atoms with E-state index in [0.717, 1.165) is 5.69 Å². The van der Waals surface area contributed by atoms with Crippen LogP contribution in [0.5, 0.6) is 0 Å². The van der Waals surface area contributed by atoms with Crippen molar-refractivity contribution in [2.24, 2.45) is 0 Å². The van der Waals surface area contributed by atoms with E-state index in [1.165, 1.54) is 6.07 Å². The lowest BCUT2D eigenvalue weighted by molar-refractivity contribution is -0.121. The zero-order valence-electron chi connectivity index (χ0n) is 10.6. The quantitative estimate of drug-likeness (QED) is 0.900. The molecular formula is C14H15FN2O2. The Bertz CT molecular complexity index is 566. The number of nitrogens with one attached hydrogen (secondary N) is 1. The van der Waals surface area contributed by atoms with Crippen LogP contribution in [-0.2, 0) is 17.8 Å². The standard InChI is InChI=1S/C14H15FN2O2/c1-10-17-12(9-19-10)6-7-14(18)16-8-11-4-2-3-5-13(11)15/h2-5,9H,6-8H2,1H3,(H,16,18). The van der Waals surface area contributed by atoms with Gasteiger partial charge < -0.3 is 9.73 Å². The fraction of sp³-hybridized carbons (Fsp3) is 0.286. The van der Waals surface area contributed by atoms with Gasteiger partial charge in [0.05, 0.1) is 5.69 Å². The van der Waals surface area contributed by atoms with Crippen molar-refractivity contribution in [2.75, 3.05) is 0 Å². The highest BCUT2D eigenvalue weighted by atomic mass is 19.1. The average molecular weight is 262 g/mol. The summed E-state index contributed by atoms with van der Waals surface area (Å²) in [7, 11) is 0. The van der Waals surface area contributed by atoms with Crippen LogP contribution in [0.2, 0.25) is 0 Å². The molecule has 0 saturated heterocycles. The van der Waals surface area contributed by atoms with Crippen molar-refractivity contribution < 1.29 is 13.6 Å². The molecule has 1 aromatic carbocycles. The second-order valence-corrected chi connectivity index (χ2v) is 4.23. The molecule has 0 aliphatic carbocycles. The smallest absolute Gasteiger partial charge is 0.220 e. The number of carbonyl (C=O) groups is 1. The number of aromatic nitrogens is 1. The third-order valence-electron chi connectivity index (χ3n) is 2.71. The number of rotatable bonds is 5. The molecule has 0 saturated carbocycles. The average Bonchev–Trinajstić information content (AvgIpc) is 2.81. The van der Waals surface area contributed by atoms with E-state index in [9.17, 15) is 9.18 Å². The minimum atomic E-state index is -0.310. The van der Waals surface area contributed by atoms with Gasteiger partial charge >= 0.3 is 0 Å². The Hall–Kier alpha value is -2.17. The Morgan fingerprint density at radius 3 is 2.89 bits per heavy atom. The van der Waals surface area contributed by atoms with Crippen molar-refractivity contribution in [3.8, 4) is 0 Å². The van der Waals surface area contributed by atoms with Crippen LogP contribution in [-0.4, -0.2) is 10.9 Å². The molecule has 0 radical (unpaired) electrons. The third kappa shape index (κ3) is 3.91. The first-order valence-electron chi connectivity index (χ1n) is 6.06. The van der Waals surface area contributed by atoms with Crippen molar-refractivity contribution in [1.29, 1.82) is 0 Å². The summed E-state index contributed by atoms with van der Waals surface area (Å²) in [5.41, 5.74) is 1.23. The number of hydrogen-bond acceptors (Lipinski definition) is 3. The second kappa shape index (κ2) is 6.13. The van der Waals surface area contributed by atoms with E-state index in [0.29, 0.717) is 24.3 Å². The van der Waals surface area contributed by atoms with Crippen molar-refractivity contribution in [2.45, 2.75) is 26.3 Å². The number of amides is 1. The molecule has 2 aromatic rings. The Morgan fingerprint density at radius 1 is 1.42 bits per heavy atom. The Morgan fingerprint density at radius 2 is 2.21 bits per heavy atom. The summed E-state index contributed by atoms with van der Waals surface area (Å²) in [6, 6.07) is 6.38. The van der Waals surface area contributed by atoms with E-state index in [4.69, 9.17) is 4.42 Å². The Balaban J connectivity index is 1.77. The number of nitrogens with zero attached hydrogens (tertiary/aromatic N) is 1. The highest BCUT2D eigenvalue weighted by Crippen LogP contribution is 2.06. The van der Waals surface area contributed by atoms with Crippen LogP contribution in [0, 0.1) is 12.7 Å². The molecule has 4 nitrogen and oxygen atoms in total. The lowest BCUT2D eigenvalue weighted by atomic mass is 10.2. The summed E-state index contributed by atoms with van der Waals surface area (Å²) in [4.78, 5) is 15.7. The number of carbonyl (C=O) groups excluding carboxylic acids is 1. The summed E-state index contributed by atoms with van der Waals surface area (Å²) in [5, 5.41) is 2.68. The van der Waals surface area contributed by atoms with Crippen LogP contribution in [0.4, 0.5) is 4.39 Å². The molecule has 5 heteroatoms. The van der Waals surface area contributed by atoms with E-state index < -0.39 is 0 Å². The van der Waals surface area contributed by atoms with Gasteiger partial charge in [0.15, 0.2) is 5.89 Å². The topological polar surface area (TPSA) is 55.1 Å². The van der Waals surface area contributed by atoms with Gasteiger partial charge in [0.2, 0.25) is 5.91 Å². The summed E-state index contributed by atoms with van der Waals surface area (Å²) in [6.07, 6.45) is 2.36. The molecule has 1 aromatic heterocycles. The number of hydrogen-bond donors (Lipinski definition) is 1. The highest BCUT2D eigenvalue weighted by molar-refractivity contribution is 5.76. The van der Waals surface area contributed by atoms with Gasteiger partial charge in [-0.2, -0.15) is 0 Å². The van der Waals surface area contributed by atoms with Gasteiger partial charge in [-0.1, -0.05) is 18.2 Å². The predicted molar refractivity (Wildman–Crippen MR) is 67.8 cm³/mol. The first-order valence-corrected chi connectivity index (χ1v) is 6.06. The zero-order valence-corrected chi connectivity index (χ0v) is 10.6. The maximum atomic E-state index is 13.3. The molecule has 0 atom stereocenters. The zero-order chi connectivity index (χ0) is 13.7. The molecule has 0 unspecified atom stereocenters. The predicted octanol–water partition coefficient (Wildman–Crippen LogP) is 2.37. The minimum Gasteiger partial charge on any atom is -0.449 e. The van der Waals surface area contributed by atoms with Gasteiger partial charge in [-0.05, 0) is 6.07 Å². The largest absolute Gasteiger partial charge is 0.449 e. The molecule has 0 aliphatic rings. The van der Waals surface area contributed by atoms with Crippen LogP contribution >= 0.6 is 0 Å². The van der Waals surface area contributed by atoms with Crippen LogP contribution in [0.15, 0.2) is 34.9 Å². The van der Waals surface area contributed by atoms with Gasteiger partial charge in [0.25, 0.3) is 0 Å². The number of halogens is 1. The minimum absolute atomic E-state index is 0.135. The Labute approximate surface area is 110 Å². The Kier molecular flexibility index (Phi) is 4.28. The molecule has 100 valence electrons. The van der Waals surface area contributed by atoms with Gasteiger partial charge in [0.1, 0.15) is 12.1 Å². The summed E-state index contributed by atoms with van der Waals surface area (Å²) in [5.74, 6) is 0.139.